The van der Waals surface area contributed by atoms with Crippen LogP contribution >= 0.6 is 0 Å². The molecule has 3 aromatic carbocycles. The maximum Gasteiger partial charge on any atom is 0.274 e. The van der Waals surface area contributed by atoms with E-state index in [1.165, 1.54) is 60.7 Å². The van der Waals surface area contributed by atoms with Crippen LogP contribution in [0.3, 0.4) is 0 Å². The van der Waals surface area contributed by atoms with Crippen molar-refractivity contribution in [1.82, 2.24) is 0 Å². The average molecular weight is 456 g/mol. The molecule has 0 aromatic heterocycles. The summed E-state index contributed by atoms with van der Waals surface area (Å²) in [5.74, 6) is -0.545. The first-order valence-corrected chi connectivity index (χ1v) is 10.5. The van der Waals surface area contributed by atoms with Gasteiger partial charge in [0.05, 0.1) is 14.7 Å². The largest absolute Gasteiger partial charge is 0.322 e. The molecule has 32 heavy (non-hydrogen) atoms. The summed E-state index contributed by atoms with van der Waals surface area (Å²) in [5.41, 5.74) is 0.520. The highest BCUT2D eigenvalue weighted by molar-refractivity contribution is 7.92. The SMILES string of the molecule is Cc1ccc(NC(=O)c2ccc(NS(=O)(=O)c3cccc([N+](=O)[O-])c3)cc2)cc1[N+](=O)[O-]. The molecule has 0 saturated carbocycles. The predicted octanol–water partition coefficient (Wildman–Crippen LogP) is 3.86. The lowest BCUT2D eigenvalue weighted by atomic mass is 10.1. The van der Waals surface area contributed by atoms with Crippen molar-refractivity contribution in [3.8, 4) is 0 Å². The summed E-state index contributed by atoms with van der Waals surface area (Å²) in [4.78, 5) is 32.8. The van der Waals surface area contributed by atoms with E-state index in [-0.39, 0.29) is 33.2 Å². The van der Waals surface area contributed by atoms with Gasteiger partial charge in [0, 0.05) is 40.7 Å². The number of benzene rings is 3. The van der Waals surface area contributed by atoms with E-state index in [9.17, 15) is 33.4 Å². The number of rotatable bonds is 7. The van der Waals surface area contributed by atoms with Crippen molar-refractivity contribution in [2.24, 2.45) is 0 Å². The first kappa shape index (κ1) is 22.4. The second kappa shape index (κ2) is 8.81. The number of carbonyl (C=O) groups excluding carboxylic acids is 1. The van der Waals surface area contributed by atoms with Crippen LogP contribution in [-0.4, -0.2) is 24.2 Å². The smallest absolute Gasteiger partial charge is 0.274 e. The molecule has 0 aliphatic rings. The van der Waals surface area contributed by atoms with Crippen LogP contribution in [0.1, 0.15) is 15.9 Å². The fourth-order valence-corrected chi connectivity index (χ4v) is 3.85. The topological polar surface area (TPSA) is 162 Å². The lowest BCUT2D eigenvalue weighted by molar-refractivity contribution is -0.385. The molecule has 0 radical (unpaired) electrons. The zero-order chi connectivity index (χ0) is 23.5. The summed E-state index contributed by atoms with van der Waals surface area (Å²) in [6.45, 7) is 1.58. The molecule has 0 aliphatic carbocycles. The Kier molecular flexibility index (Phi) is 6.16. The van der Waals surface area contributed by atoms with Crippen molar-refractivity contribution in [2.45, 2.75) is 11.8 Å². The minimum atomic E-state index is -4.09. The van der Waals surface area contributed by atoms with Gasteiger partial charge in [-0.05, 0) is 43.3 Å². The minimum Gasteiger partial charge on any atom is -0.322 e. The molecule has 0 fully saturated rings. The normalized spacial score (nSPS) is 10.9. The third-order valence-corrected chi connectivity index (χ3v) is 5.78. The summed E-state index contributed by atoms with van der Waals surface area (Å²) in [6, 6.07) is 14.3. The number of sulfonamides is 1. The molecule has 0 bridgehead atoms. The van der Waals surface area contributed by atoms with Crippen molar-refractivity contribution < 1.29 is 23.1 Å². The fraction of sp³-hybridized carbons (Fsp3) is 0.0500. The zero-order valence-corrected chi connectivity index (χ0v) is 17.3. The van der Waals surface area contributed by atoms with Crippen LogP contribution in [0.15, 0.2) is 71.6 Å². The first-order valence-electron chi connectivity index (χ1n) is 9.00. The average Bonchev–Trinajstić information content (AvgIpc) is 2.75. The van der Waals surface area contributed by atoms with Gasteiger partial charge in [0.2, 0.25) is 0 Å². The molecule has 11 nitrogen and oxygen atoms in total. The molecule has 0 saturated heterocycles. The number of nitro benzene ring substituents is 2. The predicted molar refractivity (Wildman–Crippen MR) is 116 cm³/mol. The van der Waals surface area contributed by atoms with E-state index < -0.39 is 25.8 Å². The van der Waals surface area contributed by atoms with E-state index in [2.05, 4.69) is 10.0 Å². The number of nitrogens with zero attached hydrogens (tertiary/aromatic N) is 2. The Hall–Kier alpha value is -4.32. The summed E-state index contributed by atoms with van der Waals surface area (Å²) in [6.07, 6.45) is 0. The molecule has 3 rings (SSSR count). The first-order chi connectivity index (χ1) is 15.1. The number of non-ortho nitro benzene ring substituents is 1. The quantitative estimate of drug-likeness (QED) is 0.403. The molecule has 3 aromatic rings. The Morgan fingerprint density at radius 2 is 1.53 bits per heavy atom. The molecular formula is C20H16N4O7S. The van der Waals surface area contributed by atoms with Crippen molar-refractivity contribution in [1.29, 1.82) is 0 Å². The number of aryl methyl sites for hydroxylation is 1. The lowest BCUT2D eigenvalue weighted by Gasteiger charge is -2.09. The van der Waals surface area contributed by atoms with Gasteiger partial charge in [-0.15, -0.1) is 0 Å². The van der Waals surface area contributed by atoms with Crippen molar-refractivity contribution in [3.63, 3.8) is 0 Å². The lowest BCUT2D eigenvalue weighted by Crippen LogP contribution is -2.14. The summed E-state index contributed by atoms with van der Waals surface area (Å²) in [7, 11) is -4.09. The van der Waals surface area contributed by atoms with Gasteiger partial charge in [-0.3, -0.25) is 29.7 Å². The van der Waals surface area contributed by atoms with Crippen molar-refractivity contribution in [2.75, 3.05) is 10.0 Å². The third-order valence-electron chi connectivity index (χ3n) is 4.40. The van der Waals surface area contributed by atoms with Crippen molar-refractivity contribution in [3.05, 3.63) is 98.1 Å². The highest BCUT2D eigenvalue weighted by Crippen LogP contribution is 2.24. The van der Waals surface area contributed by atoms with Crippen LogP contribution in [0.4, 0.5) is 22.7 Å². The monoisotopic (exact) mass is 456 g/mol. The molecule has 12 heteroatoms. The Balaban J connectivity index is 1.74. The van der Waals surface area contributed by atoms with Crippen LogP contribution in [0.25, 0.3) is 0 Å². The Morgan fingerprint density at radius 1 is 0.875 bits per heavy atom. The van der Waals surface area contributed by atoms with Gasteiger partial charge in [0.25, 0.3) is 27.3 Å². The molecule has 1 amide bonds. The van der Waals surface area contributed by atoms with Crippen LogP contribution in [0, 0.1) is 27.2 Å². The second-order valence-corrected chi connectivity index (χ2v) is 8.33. The van der Waals surface area contributed by atoms with Gasteiger partial charge in [0.15, 0.2) is 0 Å². The standard InChI is InChI=1S/C20H16N4O7S/c1-13-5-8-16(11-19(13)24(28)29)21-20(25)14-6-9-15(10-7-14)22-32(30,31)18-4-2-3-17(12-18)23(26)27/h2-12,22H,1H3,(H,21,25). The van der Waals surface area contributed by atoms with E-state index in [1.807, 2.05) is 0 Å². The molecule has 0 heterocycles. The van der Waals surface area contributed by atoms with Gasteiger partial charge >= 0.3 is 0 Å². The van der Waals surface area contributed by atoms with E-state index in [4.69, 9.17) is 0 Å². The maximum absolute atomic E-state index is 12.5. The van der Waals surface area contributed by atoms with Crippen LogP contribution in [0.5, 0.6) is 0 Å². The number of anilines is 2. The molecule has 0 spiro atoms. The maximum atomic E-state index is 12.5. The van der Waals surface area contributed by atoms with Gasteiger partial charge in [0.1, 0.15) is 0 Å². The number of nitrogens with one attached hydrogen (secondary N) is 2. The van der Waals surface area contributed by atoms with Gasteiger partial charge in [-0.25, -0.2) is 8.42 Å². The van der Waals surface area contributed by atoms with E-state index >= 15 is 0 Å². The van der Waals surface area contributed by atoms with Gasteiger partial charge < -0.3 is 5.32 Å². The number of amides is 1. The van der Waals surface area contributed by atoms with E-state index in [0.717, 1.165) is 6.07 Å². The fourth-order valence-electron chi connectivity index (χ4n) is 2.76. The Labute approximate surface area is 182 Å². The number of nitro groups is 2. The summed E-state index contributed by atoms with van der Waals surface area (Å²) >= 11 is 0. The van der Waals surface area contributed by atoms with E-state index in [0.29, 0.717) is 5.56 Å². The Morgan fingerprint density at radius 3 is 2.16 bits per heavy atom. The van der Waals surface area contributed by atoms with Gasteiger partial charge in [-0.1, -0.05) is 12.1 Å². The van der Waals surface area contributed by atoms with Crippen molar-refractivity contribution >= 4 is 38.7 Å². The Bertz CT molecular complexity index is 1320. The zero-order valence-electron chi connectivity index (χ0n) is 16.5. The van der Waals surface area contributed by atoms with Crippen LogP contribution in [-0.2, 0) is 10.0 Å². The van der Waals surface area contributed by atoms with E-state index in [1.54, 1.807) is 6.92 Å². The molecule has 0 unspecified atom stereocenters. The third kappa shape index (κ3) is 5.05. The molecule has 2 N–H and O–H groups in total. The minimum absolute atomic E-state index is 0.131. The second-order valence-electron chi connectivity index (χ2n) is 6.65. The molecule has 164 valence electrons. The highest BCUT2D eigenvalue weighted by Gasteiger charge is 2.18. The molecular weight excluding hydrogens is 440 g/mol. The van der Waals surface area contributed by atoms with Crippen LogP contribution in [0.2, 0.25) is 0 Å². The summed E-state index contributed by atoms with van der Waals surface area (Å²) < 4.78 is 27.3. The van der Waals surface area contributed by atoms with Crippen LogP contribution < -0.4 is 10.0 Å². The molecule has 0 atom stereocenters. The number of hydrogen-bond donors (Lipinski definition) is 2. The molecule has 0 aliphatic heterocycles. The number of carbonyl (C=O) groups is 1. The summed E-state index contributed by atoms with van der Waals surface area (Å²) in [5, 5.41) is 24.4. The van der Waals surface area contributed by atoms with Gasteiger partial charge in [-0.2, -0.15) is 0 Å². The number of hydrogen-bond acceptors (Lipinski definition) is 7. The highest BCUT2D eigenvalue weighted by atomic mass is 32.2.